The van der Waals surface area contributed by atoms with E-state index >= 15 is 0 Å². The van der Waals surface area contributed by atoms with Crippen molar-refractivity contribution in [1.29, 1.82) is 0 Å². The molecule has 0 saturated heterocycles. The van der Waals surface area contributed by atoms with Crippen LogP contribution in [0, 0.1) is 11.8 Å². The van der Waals surface area contributed by atoms with E-state index in [-0.39, 0.29) is 0 Å². The standard InChI is InChI=1S/C10H19BrO/c1-2-9(7-11)8-12-6-5-10-3-4-10/h9-10H,2-8H2,1H3. The van der Waals surface area contributed by atoms with Gasteiger partial charge in [-0.25, -0.2) is 0 Å². The van der Waals surface area contributed by atoms with Crippen molar-refractivity contribution < 1.29 is 4.74 Å². The van der Waals surface area contributed by atoms with Crippen LogP contribution in [0.25, 0.3) is 0 Å². The second kappa shape index (κ2) is 5.98. The van der Waals surface area contributed by atoms with Gasteiger partial charge in [0.15, 0.2) is 0 Å². The first-order valence-corrected chi connectivity index (χ1v) is 6.12. The fourth-order valence-corrected chi connectivity index (χ4v) is 1.82. The van der Waals surface area contributed by atoms with E-state index in [2.05, 4.69) is 22.9 Å². The number of ether oxygens (including phenoxy) is 1. The van der Waals surface area contributed by atoms with Crippen molar-refractivity contribution in [2.75, 3.05) is 18.5 Å². The second-order valence-corrected chi connectivity index (χ2v) is 4.38. The van der Waals surface area contributed by atoms with E-state index in [4.69, 9.17) is 4.74 Å². The Balaban J connectivity index is 1.85. The molecule has 2 heteroatoms. The van der Waals surface area contributed by atoms with Crippen molar-refractivity contribution in [2.45, 2.75) is 32.6 Å². The predicted molar refractivity (Wildman–Crippen MR) is 55.7 cm³/mol. The third kappa shape index (κ3) is 4.46. The lowest BCUT2D eigenvalue weighted by molar-refractivity contribution is 0.100. The Bertz CT molecular complexity index is 108. The van der Waals surface area contributed by atoms with Gasteiger partial charge in [-0.3, -0.25) is 0 Å². The Hall–Kier alpha value is 0.440. The minimum absolute atomic E-state index is 0.712. The topological polar surface area (TPSA) is 9.23 Å². The number of hydrogen-bond acceptors (Lipinski definition) is 1. The highest BCUT2D eigenvalue weighted by molar-refractivity contribution is 9.09. The highest BCUT2D eigenvalue weighted by Gasteiger charge is 2.20. The van der Waals surface area contributed by atoms with Crippen LogP contribution in [0.15, 0.2) is 0 Å². The molecule has 0 spiro atoms. The summed E-state index contributed by atoms with van der Waals surface area (Å²) in [6, 6.07) is 0. The molecule has 12 heavy (non-hydrogen) atoms. The van der Waals surface area contributed by atoms with Gasteiger partial charge in [-0.2, -0.15) is 0 Å². The molecule has 1 nitrogen and oxygen atoms in total. The number of halogens is 1. The maximum atomic E-state index is 5.60. The third-order valence-corrected chi connectivity index (χ3v) is 3.43. The van der Waals surface area contributed by atoms with Crippen LogP contribution in [0.2, 0.25) is 0 Å². The van der Waals surface area contributed by atoms with Crippen molar-refractivity contribution in [1.82, 2.24) is 0 Å². The zero-order valence-electron chi connectivity index (χ0n) is 7.89. The smallest absolute Gasteiger partial charge is 0.0502 e. The van der Waals surface area contributed by atoms with E-state index in [1.54, 1.807) is 0 Å². The van der Waals surface area contributed by atoms with E-state index < -0.39 is 0 Å². The molecule has 1 atom stereocenters. The number of hydrogen-bond donors (Lipinski definition) is 0. The van der Waals surface area contributed by atoms with Crippen molar-refractivity contribution in [3.05, 3.63) is 0 Å². The summed E-state index contributed by atoms with van der Waals surface area (Å²) in [7, 11) is 0. The highest BCUT2D eigenvalue weighted by Crippen LogP contribution is 2.32. The molecule has 0 aromatic carbocycles. The molecule has 0 radical (unpaired) electrons. The molecule has 1 saturated carbocycles. The van der Waals surface area contributed by atoms with Crippen molar-refractivity contribution in [3.63, 3.8) is 0 Å². The normalized spacial score (nSPS) is 19.5. The molecule has 0 amide bonds. The lowest BCUT2D eigenvalue weighted by atomic mass is 10.1. The third-order valence-electron chi connectivity index (χ3n) is 2.52. The van der Waals surface area contributed by atoms with E-state index in [0.29, 0.717) is 5.92 Å². The Labute approximate surface area is 84.0 Å². The van der Waals surface area contributed by atoms with Gasteiger partial charge in [0.05, 0.1) is 6.61 Å². The summed E-state index contributed by atoms with van der Waals surface area (Å²) in [5, 5.41) is 1.08. The van der Waals surface area contributed by atoms with Crippen molar-refractivity contribution >= 4 is 15.9 Å². The number of alkyl halides is 1. The summed E-state index contributed by atoms with van der Waals surface area (Å²) in [5.74, 6) is 1.72. The molecule has 0 N–H and O–H groups in total. The fourth-order valence-electron chi connectivity index (χ4n) is 1.18. The van der Waals surface area contributed by atoms with Gasteiger partial charge in [0.1, 0.15) is 0 Å². The van der Waals surface area contributed by atoms with Crippen LogP contribution in [0.4, 0.5) is 0 Å². The largest absolute Gasteiger partial charge is 0.381 e. The highest BCUT2D eigenvalue weighted by atomic mass is 79.9. The average Bonchev–Trinajstić information content (AvgIpc) is 2.89. The molecule has 0 heterocycles. The molecule has 1 aliphatic carbocycles. The molecule has 1 rings (SSSR count). The van der Waals surface area contributed by atoms with E-state index in [1.165, 1.54) is 25.7 Å². The molecular weight excluding hydrogens is 216 g/mol. The molecule has 1 aliphatic rings. The zero-order valence-corrected chi connectivity index (χ0v) is 9.48. The van der Waals surface area contributed by atoms with Gasteiger partial charge in [-0.15, -0.1) is 0 Å². The maximum Gasteiger partial charge on any atom is 0.0502 e. The van der Waals surface area contributed by atoms with E-state index in [0.717, 1.165) is 24.5 Å². The van der Waals surface area contributed by atoms with Crippen LogP contribution < -0.4 is 0 Å². The number of rotatable bonds is 7. The predicted octanol–water partition coefficient (Wildman–Crippen LogP) is 3.22. The van der Waals surface area contributed by atoms with Crippen LogP contribution in [0.3, 0.4) is 0 Å². The van der Waals surface area contributed by atoms with Crippen LogP contribution in [-0.2, 0) is 4.74 Å². The molecule has 72 valence electrons. The van der Waals surface area contributed by atoms with Gasteiger partial charge in [0.25, 0.3) is 0 Å². The summed E-state index contributed by atoms with van der Waals surface area (Å²) in [6.45, 7) is 4.14. The molecular formula is C10H19BrO. The lowest BCUT2D eigenvalue weighted by Gasteiger charge is -2.11. The van der Waals surface area contributed by atoms with Crippen LogP contribution >= 0.6 is 15.9 Å². The monoisotopic (exact) mass is 234 g/mol. The van der Waals surface area contributed by atoms with Gasteiger partial charge >= 0.3 is 0 Å². The van der Waals surface area contributed by atoms with Gasteiger partial charge in [0, 0.05) is 11.9 Å². The summed E-state index contributed by atoms with van der Waals surface area (Å²) in [5.41, 5.74) is 0. The maximum absolute atomic E-state index is 5.60. The molecule has 1 unspecified atom stereocenters. The molecule has 0 aliphatic heterocycles. The summed E-state index contributed by atoms with van der Waals surface area (Å²) in [4.78, 5) is 0. The van der Waals surface area contributed by atoms with Gasteiger partial charge in [-0.05, 0) is 18.3 Å². The van der Waals surface area contributed by atoms with Gasteiger partial charge in [0.2, 0.25) is 0 Å². The van der Waals surface area contributed by atoms with Gasteiger partial charge in [-0.1, -0.05) is 42.1 Å². The zero-order chi connectivity index (χ0) is 8.81. The first-order valence-electron chi connectivity index (χ1n) is 5.00. The Morgan fingerprint density at radius 2 is 2.25 bits per heavy atom. The lowest BCUT2D eigenvalue weighted by Crippen LogP contribution is -2.10. The Morgan fingerprint density at radius 3 is 2.75 bits per heavy atom. The quantitative estimate of drug-likeness (QED) is 0.486. The Kier molecular flexibility index (Phi) is 5.24. The molecule has 0 aromatic heterocycles. The van der Waals surface area contributed by atoms with Crippen LogP contribution in [0.1, 0.15) is 32.6 Å². The average molecular weight is 235 g/mol. The van der Waals surface area contributed by atoms with Crippen LogP contribution in [0.5, 0.6) is 0 Å². The fraction of sp³-hybridized carbons (Fsp3) is 1.00. The molecule has 0 aromatic rings. The first kappa shape index (κ1) is 10.5. The Morgan fingerprint density at radius 1 is 1.50 bits per heavy atom. The summed E-state index contributed by atoms with van der Waals surface area (Å²) >= 11 is 3.49. The van der Waals surface area contributed by atoms with Crippen molar-refractivity contribution in [3.8, 4) is 0 Å². The van der Waals surface area contributed by atoms with E-state index in [9.17, 15) is 0 Å². The summed E-state index contributed by atoms with van der Waals surface area (Å²) in [6.07, 6.45) is 5.39. The minimum Gasteiger partial charge on any atom is -0.381 e. The van der Waals surface area contributed by atoms with Crippen LogP contribution in [-0.4, -0.2) is 18.5 Å². The van der Waals surface area contributed by atoms with Crippen molar-refractivity contribution in [2.24, 2.45) is 11.8 Å². The first-order chi connectivity index (χ1) is 5.86. The van der Waals surface area contributed by atoms with Gasteiger partial charge < -0.3 is 4.74 Å². The minimum atomic E-state index is 0.712. The second-order valence-electron chi connectivity index (χ2n) is 3.74. The molecule has 1 fully saturated rings. The molecule has 0 bridgehead atoms. The summed E-state index contributed by atoms with van der Waals surface area (Å²) < 4.78 is 5.60. The SMILES string of the molecule is CCC(CBr)COCCC1CC1. The van der Waals surface area contributed by atoms with E-state index in [1.807, 2.05) is 0 Å².